The minimum absolute atomic E-state index is 0.0144. The summed E-state index contributed by atoms with van der Waals surface area (Å²) >= 11 is 0. The van der Waals surface area contributed by atoms with E-state index in [1.165, 1.54) is 6.26 Å². The van der Waals surface area contributed by atoms with Crippen molar-refractivity contribution in [3.05, 3.63) is 23.7 Å². The molecule has 2 unspecified atom stereocenters. The molecule has 94 valence electrons. The molecule has 1 saturated heterocycles. The summed E-state index contributed by atoms with van der Waals surface area (Å²) in [6.45, 7) is 4.53. The average molecular weight is 239 g/mol. The second kappa shape index (κ2) is 4.89. The summed E-state index contributed by atoms with van der Waals surface area (Å²) in [4.78, 5) is 13.9. The van der Waals surface area contributed by atoms with Gasteiger partial charge in [0, 0.05) is 6.54 Å². The van der Waals surface area contributed by atoms with Crippen LogP contribution in [0.25, 0.3) is 0 Å². The van der Waals surface area contributed by atoms with Gasteiger partial charge in [0.15, 0.2) is 0 Å². The summed E-state index contributed by atoms with van der Waals surface area (Å²) in [5, 5.41) is 9.07. The maximum absolute atomic E-state index is 12.2. The predicted molar refractivity (Wildman–Crippen MR) is 60.8 cm³/mol. The first kappa shape index (κ1) is 12.1. The quantitative estimate of drug-likeness (QED) is 0.829. The SMILES string of the molecule is Cc1cc(C(=O)N2CC(CO)OCC2C)co1. The zero-order valence-corrected chi connectivity index (χ0v) is 10.0. The summed E-state index contributed by atoms with van der Waals surface area (Å²) in [6.07, 6.45) is 1.18. The third-order valence-corrected chi connectivity index (χ3v) is 2.95. The highest BCUT2D eigenvalue weighted by atomic mass is 16.5. The number of aliphatic hydroxyl groups is 1. The van der Waals surface area contributed by atoms with Crippen LogP contribution in [0.1, 0.15) is 23.0 Å². The van der Waals surface area contributed by atoms with Crippen LogP contribution in [0.5, 0.6) is 0 Å². The molecule has 1 aliphatic rings. The van der Waals surface area contributed by atoms with Crippen molar-refractivity contribution in [2.24, 2.45) is 0 Å². The molecule has 2 heterocycles. The summed E-state index contributed by atoms with van der Waals surface area (Å²) in [5.41, 5.74) is 0.549. The van der Waals surface area contributed by atoms with Gasteiger partial charge < -0.3 is 19.2 Å². The molecule has 0 aromatic carbocycles. The maximum Gasteiger partial charge on any atom is 0.257 e. The zero-order valence-electron chi connectivity index (χ0n) is 10.0. The van der Waals surface area contributed by atoms with E-state index in [0.29, 0.717) is 24.5 Å². The molecule has 0 saturated carbocycles. The molecule has 1 aliphatic heterocycles. The van der Waals surface area contributed by atoms with Crippen LogP contribution in [0.15, 0.2) is 16.7 Å². The highest BCUT2D eigenvalue weighted by molar-refractivity contribution is 5.94. The summed E-state index contributed by atoms with van der Waals surface area (Å²) < 4.78 is 10.5. The average Bonchev–Trinajstić information content (AvgIpc) is 2.76. The molecule has 5 heteroatoms. The first-order chi connectivity index (χ1) is 8.11. The molecule has 2 rings (SSSR count). The van der Waals surface area contributed by atoms with E-state index < -0.39 is 0 Å². The van der Waals surface area contributed by atoms with E-state index in [0.717, 1.165) is 0 Å². The minimum Gasteiger partial charge on any atom is -0.469 e. The monoisotopic (exact) mass is 239 g/mol. The van der Waals surface area contributed by atoms with Crippen molar-refractivity contribution in [1.82, 2.24) is 4.90 Å². The summed E-state index contributed by atoms with van der Waals surface area (Å²) in [6, 6.07) is 1.74. The molecule has 1 aromatic heterocycles. The number of carbonyl (C=O) groups is 1. The number of aryl methyl sites for hydroxylation is 1. The van der Waals surface area contributed by atoms with Gasteiger partial charge in [-0.25, -0.2) is 0 Å². The molecule has 1 amide bonds. The Morgan fingerprint density at radius 3 is 3.00 bits per heavy atom. The Morgan fingerprint density at radius 1 is 1.65 bits per heavy atom. The zero-order chi connectivity index (χ0) is 12.4. The van der Waals surface area contributed by atoms with Gasteiger partial charge in [0.25, 0.3) is 5.91 Å². The third-order valence-electron chi connectivity index (χ3n) is 2.95. The topological polar surface area (TPSA) is 62.9 Å². The van der Waals surface area contributed by atoms with Gasteiger partial charge in [-0.15, -0.1) is 0 Å². The number of rotatable bonds is 2. The van der Waals surface area contributed by atoms with Gasteiger partial charge >= 0.3 is 0 Å². The smallest absolute Gasteiger partial charge is 0.257 e. The van der Waals surface area contributed by atoms with Crippen LogP contribution in [-0.4, -0.2) is 47.8 Å². The molecule has 5 nitrogen and oxygen atoms in total. The fourth-order valence-corrected chi connectivity index (χ4v) is 1.93. The molecule has 2 atom stereocenters. The lowest BCUT2D eigenvalue weighted by atomic mass is 10.1. The molecule has 0 aliphatic carbocycles. The summed E-state index contributed by atoms with van der Waals surface area (Å²) in [7, 11) is 0. The molecule has 17 heavy (non-hydrogen) atoms. The van der Waals surface area contributed by atoms with Crippen LogP contribution in [0.3, 0.4) is 0 Å². The Labute approximate surface area is 100.0 Å². The highest BCUT2D eigenvalue weighted by Gasteiger charge is 2.30. The van der Waals surface area contributed by atoms with Gasteiger partial charge in [-0.05, 0) is 19.9 Å². The molecular formula is C12H17NO4. The van der Waals surface area contributed by atoms with Gasteiger partial charge in [0.05, 0.1) is 30.9 Å². The first-order valence-electron chi connectivity index (χ1n) is 5.70. The lowest BCUT2D eigenvalue weighted by Gasteiger charge is -2.37. The predicted octanol–water partition coefficient (Wildman–Crippen LogP) is 0.810. The van der Waals surface area contributed by atoms with Gasteiger partial charge in [-0.3, -0.25) is 4.79 Å². The molecule has 1 fully saturated rings. The number of hydrogen-bond donors (Lipinski definition) is 1. The highest BCUT2D eigenvalue weighted by Crippen LogP contribution is 2.17. The summed E-state index contributed by atoms with van der Waals surface area (Å²) in [5.74, 6) is 0.643. The second-order valence-corrected chi connectivity index (χ2v) is 4.39. The number of nitrogens with zero attached hydrogens (tertiary/aromatic N) is 1. The Kier molecular flexibility index (Phi) is 3.49. The van der Waals surface area contributed by atoms with Gasteiger partial charge in [-0.2, -0.15) is 0 Å². The van der Waals surface area contributed by atoms with Crippen molar-refractivity contribution in [1.29, 1.82) is 0 Å². The Balaban J connectivity index is 2.12. The maximum atomic E-state index is 12.2. The lowest BCUT2D eigenvalue weighted by molar-refractivity contribution is -0.0667. The molecule has 1 N–H and O–H groups in total. The number of carbonyl (C=O) groups excluding carboxylic acids is 1. The van der Waals surface area contributed by atoms with Crippen LogP contribution in [-0.2, 0) is 4.74 Å². The second-order valence-electron chi connectivity index (χ2n) is 4.39. The normalized spacial score (nSPS) is 25.0. The molecule has 1 aromatic rings. The van der Waals surface area contributed by atoms with Crippen molar-refractivity contribution in [2.75, 3.05) is 19.8 Å². The van der Waals surface area contributed by atoms with Crippen LogP contribution in [0.2, 0.25) is 0 Å². The van der Waals surface area contributed by atoms with E-state index >= 15 is 0 Å². The van der Waals surface area contributed by atoms with Crippen molar-refractivity contribution >= 4 is 5.91 Å². The lowest BCUT2D eigenvalue weighted by Crippen LogP contribution is -2.51. The number of ether oxygens (including phenoxy) is 1. The minimum atomic E-state index is -0.289. The number of morpholine rings is 1. The van der Waals surface area contributed by atoms with Crippen molar-refractivity contribution in [3.63, 3.8) is 0 Å². The Hall–Kier alpha value is -1.33. The van der Waals surface area contributed by atoms with Gasteiger partial charge in [0.1, 0.15) is 12.0 Å². The van der Waals surface area contributed by atoms with E-state index in [-0.39, 0.29) is 24.7 Å². The third kappa shape index (κ3) is 2.50. The van der Waals surface area contributed by atoms with E-state index in [4.69, 9.17) is 14.3 Å². The fourth-order valence-electron chi connectivity index (χ4n) is 1.93. The standard InChI is InChI=1S/C12H17NO4/c1-8-6-17-11(5-14)4-13(8)12(15)10-3-9(2)16-7-10/h3,7-8,11,14H,4-6H2,1-2H3. The Morgan fingerprint density at radius 2 is 2.41 bits per heavy atom. The van der Waals surface area contributed by atoms with Crippen molar-refractivity contribution < 1.29 is 19.1 Å². The van der Waals surface area contributed by atoms with Crippen molar-refractivity contribution in [2.45, 2.75) is 26.0 Å². The van der Waals surface area contributed by atoms with Crippen molar-refractivity contribution in [3.8, 4) is 0 Å². The van der Waals surface area contributed by atoms with Crippen LogP contribution < -0.4 is 0 Å². The first-order valence-corrected chi connectivity index (χ1v) is 5.70. The molecule has 0 radical (unpaired) electrons. The number of hydrogen-bond acceptors (Lipinski definition) is 4. The van der Waals surface area contributed by atoms with Crippen LogP contribution >= 0.6 is 0 Å². The molecule has 0 spiro atoms. The van der Waals surface area contributed by atoms with E-state index in [2.05, 4.69) is 0 Å². The number of furan rings is 1. The van der Waals surface area contributed by atoms with Crippen LogP contribution in [0.4, 0.5) is 0 Å². The van der Waals surface area contributed by atoms with E-state index in [9.17, 15) is 4.79 Å². The Bertz CT molecular complexity index is 401. The van der Waals surface area contributed by atoms with E-state index in [1.54, 1.807) is 17.9 Å². The molecule has 0 bridgehead atoms. The van der Waals surface area contributed by atoms with Crippen LogP contribution in [0, 0.1) is 6.92 Å². The van der Waals surface area contributed by atoms with Gasteiger partial charge in [-0.1, -0.05) is 0 Å². The number of amides is 1. The van der Waals surface area contributed by atoms with E-state index in [1.807, 2.05) is 6.92 Å². The largest absolute Gasteiger partial charge is 0.469 e. The van der Waals surface area contributed by atoms with Gasteiger partial charge in [0.2, 0.25) is 0 Å². The fraction of sp³-hybridized carbons (Fsp3) is 0.583. The number of aliphatic hydroxyl groups excluding tert-OH is 1. The molecular weight excluding hydrogens is 222 g/mol.